The predicted octanol–water partition coefficient (Wildman–Crippen LogP) is 2.80. The second kappa shape index (κ2) is 7.52. The summed E-state index contributed by atoms with van der Waals surface area (Å²) < 4.78 is 29.7. The smallest absolute Gasteiger partial charge is 0.275 e. The van der Waals surface area contributed by atoms with Crippen molar-refractivity contribution >= 4 is 38.9 Å². The number of carbonyl (C=O) groups is 1. The molecule has 0 fully saturated rings. The van der Waals surface area contributed by atoms with Crippen LogP contribution in [0, 0.1) is 13.8 Å². The van der Waals surface area contributed by atoms with Crippen molar-refractivity contribution in [2.24, 2.45) is 0 Å². The van der Waals surface area contributed by atoms with Gasteiger partial charge >= 0.3 is 0 Å². The molecule has 130 valence electrons. The number of carbonyl (C=O) groups excluding carboxylic acids is 1. The summed E-state index contributed by atoms with van der Waals surface area (Å²) in [6, 6.07) is 6.51. The van der Waals surface area contributed by atoms with E-state index in [2.05, 4.69) is 5.43 Å². The molecule has 2 rings (SSSR count). The third-order valence-electron chi connectivity index (χ3n) is 3.16. The van der Waals surface area contributed by atoms with Gasteiger partial charge in [-0.25, -0.2) is 8.42 Å². The first-order valence-electron chi connectivity index (χ1n) is 6.99. The van der Waals surface area contributed by atoms with E-state index in [-0.39, 0.29) is 4.21 Å². The maximum absolute atomic E-state index is 12.1. The number of aryl methyl sites for hydroxylation is 2. The van der Waals surface area contributed by atoms with Gasteiger partial charge in [-0.2, -0.15) is 0 Å². The van der Waals surface area contributed by atoms with E-state index in [1.54, 1.807) is 23.6 Å². The highest BCUT2D eigenvalue weighted by Gasteiger charge is 2.21. The molecule has 0 aliphatic heterocycles. The van der Waals surface area contributed by atoms with Crippen molar-refractivity contribution in [3.63, 3.8) is 0 Å². The highest BCUT2D eigenvalue weighted by molar-refractivity contribution is 7.91. The van der Waals surface area contributed by atoms with Gasteiger partial charge in [0.1, 0.15) is 9.96 Å². The zero-order valence-electron chi connectivity index (χ0n) is 13.3. The summed E-state index contributed by atoms with van der Waals surface area (Å²) in [5, 5.41) is 2.21. The fourth-order valence-electron chi connectivity index (χ4n) is 2.00. The molecule has 0 radical (unpaired) electrons. The molecular weight excluding hydrogens is 372 g/mol. The maximum Gasteiger partial charge on any atom is 0.275 e. The molecule has 0 saturated heterocycles. The summed E-state index contributed by atoms with van der Waals surface area (Å²) in [6.45, 7) is 5.17. The van der Waals surface area contributed by atoms with Gasteiger partial charge < -0.3 is 4.74 Å². The van der Waals surface area contributed by atoms with Gasteiger partial charge in [-0.3, -0.25) is 10.2 Å². The first-order chi connectivity index (χ1) is 11.2. The molecule has 0 aliphatic carbocycles. The van der Waals surface area contributed by atoms with Gasteiger partial charge in [-0.05, 0) is 55.5 Å². The van der Waals surface area contributed by atoms with Crippen molar-refractivity contribution in [2.45, 2.75) is 31.1 Å². The number of amides is 1. The van der Waals surface area contributed by atoms with Crippen LogP contribution in [0.1, 0.15) is 18.1 Å². The molecule has 0 unspecified atom stereocenters. The molecule has 1 atom stereocenters. The maximum atomic E-state index is 12.1. The summed E-state index contributed by atoms with van der Waals surface area (Å²) in [5.41, 5.74) is 3.74. The molecule has 6 nitrogen and oxygen atoms in total. The van der Waals surface area contributed by atoms with Gasteiger partial charge in [0.25, 0.3) is 15.9 Å². The lowest BCUT2D eigenvalue weighted by atomic mass is 10.1. The Kier molecular flexibility index (Phi) is 5.87. The normalized spacial score (nSPS) is 12.7. The molecule has 24 heavy (non-hydrogen) atoms. The molecule has 1 aromatic carbocycles. The summed E-state index contributed by atoms with van der Waals surface area (Å²) in [6.07, 6.45) is -0.894. The van der Waals surface area contributed by atoms with Crippen molar-refractivity contribution in [1.82, 2.24) is 10.3 Å². The molecular formula is C15H17ClN2O4S2. The number of hydrazine groups is 1. The van der Waals surface area contributed by atoms with Crippen molar-refractivity contribution in [3.8, 4) is 5.75 Å². The average molecular weight is 389 g/mol. The van der Waals surface area contributed by atoms with Gasteiger partial charge in [-0.15, -0.1) is 16.2 Å². The first-order valence-corrected chi connectivity index (χ1v) is 9.73. The number of hydrogen-bond acceptors (Lipinski definition) is 5. The lowest BCUT2D eigenvalue weighted by molar-refractivity contribution is -0.127. The fraction of sp³-hybridized carbons (Fsp3) is 0.267. The van der Waals surface area contributed by atoms with Gasteiger partial charge in [0.2, 0.25) is 0 Å². The van der Waals surface area contributed by atoms with Crippen LogP contribution in [-0.4, -0.2) is 20.4 Å². The number of benzene rings is 1. The van der Waals surface area contributed by atoms with Crippen LogP contribution >= 0.6 is 22.9 Å². The van der Waals surface area contributed by atoms with Crippen molar-refractivity contribution in [1.29, 1.82) is 0 Å². The number of nitrogens with one attached hydrogen (secondary N) is 2. The largest absolute Gasteiger partial charge is 0.480 e. The highest BCUT2D eigenvalue weighted by Crippen LogP contribution is 2.27. The second-order valence-electron chi connectivity index (χ2n) is 5.16. The molecule has 0 spiro atoms. The molecule has 2 N–H and O–H groups in total. The van der Waals surface area contributed by atoms with E-state index < -0.39 is 22.0 Å². The monoisotopic (exact) mass is 388 g/mol. The predicted molar refractivity (Wildman–Crippen MR) is 93.8 cm³/mol. The summed E-state index contributed by atoms with van der Waals surface area (Å²) >= 11 is 7.01. The highest BCUT2D eigenvalue weighted by atomic mass is 35.5. The van der Waals surface area contributed by atoms with Crippen LogP contribution in [0.15, 0.2) is 33.9 Å². The number of hydrogen-bond donors (Lipinski definition) is 2. The fourth-order valence-corrected chi connectivity index (χ4v) is 4.17. The quantitative estimate of drug-likeness (QED) is 0.745. The number of rotatable bonds is 6. The van der Waals surface area contributed by atoms with Crippen LogP contribution in [0.4, 0.5) is 0 Å². The van der Waals surface area contributed by atoms with Crippen LogP contribution in [0.3, 0.4) is 0 Å². The number of sulfonamides is 1. The van der Waals surface area contributed by atoms with E-state index in [1.165, 1.54) is 13.0 Å². The second-order valence-corrected chi connectivity index (χ2v) is 8.45. The summed E-state index contributed by atoms with van der Waals surface area (Å²) in [4.78, 5) is 14.1. The zero-order valence-corrected chi connectivity index (χ0v) is 15.7. The van der Waals surface area contributed by atoms with E-state index in [0.717, 1.165) is 22.5 Å². The van der Waals surface area contributed by atoms with E-state index in [4.69, 9.17) is 16.3 Å². The lowest BCUT2D eigenvalue weighted by Crippen LogP contribution is -2.47. The van der Waals surface area contributed by atoms with Crippen LogP contribution < -0.4 is 15.0 Å². The van der Waals surface area contributed by atoms with Crippen LogP contribution in [0.2, 0.25) is 5.02 Å². The minimum Gasteiger partial charge on any atom is -0.480 e. The Labute approximate surface area is 149 Å². The van der Waals surface area contributed by atoms with E-state index in [1.807, 2.05) is 18.7 Å². The molecule has 2 aromatic rings. The SMILES string of the molecule is Cc1cc(Cl)cc(C)c1O[C@H](C)C(=O)NNS(=O)(=O)c1cccs1. The average Bonchev–Trinajstić information content (AvgIpc) is 3.03. The summed E-state index contributed by atoms with van der Waals surface area (Å²) in [5.74, 6) is -0.0629. The number of thiophene rings is 1. The van der Waals surface area contributed by atoms with E-state index >= 15 is 0 Å². The number of halogens is 1. The minimum atomic E-state index is -3.78. The van der Waals surface area contributed by atoms with Crippen LogP contribution in [-0.2, 0) is 14.8 Å². The third kappa shape index (κ3) is 4.47. The molecule has 1 heterocycles. The van der Waals surface area contributed by atoms with E-state index in [9.17, 15) is 13.2 Å². The molecule has 9 heteroatoms. The molecule has 0 saturated carbocycles. The van der Waals surface area contributed by atoms with E-state index in [0.29, 0.717) is 10.8 Å². The topological polar surface area (TPSA) is 84.5 Å². The van der Waals surface area contributed by atoms with Gasteiger partial charge in [0.05, 0.1) is 0 Å². The third-order valence-corrected chi connectivity index (χ3v) is 6.02. The van der Waals surface area contributed by atoms with Crippen LogP contribution in [0.25, 0.3) is 0 Å². The number of ether oxygens (including phenoxy) is 1. The first kappa shape index (κ1) is 18.7. The zero-order chi connectivity index (χ0) is 17.9. The van der Waals surface area contributed by atoms with Crippen molar-refractivity contribution in [3.05, 3.63) is 45.8 Å². The Hall–Kier alpha value is -1.61. The Morgan fingerprint density at radius 2 is 1.92 bits per heavy atom. The van der Waals surface area contributed by atoms with Gasteiger partial charge in [0.15, 0.2) is 6.10 Å². The molecule has 1 amide bonds. The van der Waals surface area contributed by atoms with Gasteiger partial charge in [0, 0.05) is 5.02 Å². The Morgan fingerprint density at radius 1 is 1.29 bits per heavy atom. The molecule has 0 bridgehead atoms. The Morgan fingerprint density at radius 3 is 2.46 bits per heavy atom. The lowest BCUT2D eigenvalue weighted by Gasteiger charge is -2.18. The molecule has 0 aliphatic rings. The van der Waals surface area contributed by atoms with Crippen molar-refractivity contribution < 1.29 is 17.9 Å². The Balaban J connectivity index is 2.01. The molecule has 1 aromatic heterocycles. The van der Waals surface area contributed by atoms with Crippen LogP contribution in [0.5, 0.6) is 5.75 Å². The Bertz CT molecular complexity index is 812. The minimum absolute atomic E-state index is 0.112. The standard InChI is InChI=1S/C15H17ClN2O4S2/c1-9-7-12(16)8-10(2)14(9)22-11(3)15(19)17-18-24(20,21)13-5-4-6-23-13/h4-8,11,18H,1-3H3,(H,17,19)/t11-/m1/s1. The van der Waals surface area contributed by atoms with Crippen molar-refractivity contribution in [2.75, 3.05) is 0 Å². The summed E-state index contributed by atoms with van der Waals surface area (Å²) in [7, 11) is -3.78. The van der Waals surface area contributed by atoms with Gasteiger partial charge in [-0.1, -0.05) is 17.7 Å².